The third kappa shape index (κ3) is 3.35. The number of aryl methyl sites for hydroxylation is 2. The van der Waals surface area contributed by atoms with Crippen LogP contribution in [0.1, 0.15) is 39.1 Å². The average molecular weight is 207 g/mol. The fraction of sp³-hybridized carbons (Fsp3) is 0.500. The van der Waals surface area contributed by atoms with Gasteiger partial charge in [0.05, 0.1) is 11.4 Å². The predicted molar refractivity (Wildman–Crippen MR) is 65.2 cm³/mol. The van der Waals surface area contributed by atoms with E-state index in [0.29, 0.717) is 0 Å². The van der Waals surface area contributed by atoms with Gasteiger partial charge in [-0.05, 0) is 13.8 Å². The molecule has 0 amide bonds. The van der Waals surface area contributed by atoms with Crippen molar-refractivity contribution in [1.29, 1.82) is 0 Å². The van der Waals surface area contributed by atoms with E-state index in [-0.39, 0.29) is 0 Å². The van der Waals surface area contributed by atoms with Crippen molar-refractivity contribution < 1.29 is 0 Å². The van der Waals surface area contributed by atoms with Crippen molar-refractivity contribution in [2.45, 2.75) is 41.5 Å². The summed E-state index contributed by atoms with van der Waals surface area (Å²) in [7, 11) is 0. The van der Waals surface area contributed by atoms with Gasteiger partial charge in [-0.15, -0.1) is 0 Å². The van der Waals surface area contributed by atoms with Crippen molar-refractivity contribution in [2.75, 3.05) is 0 Å². The van der Waals surface area contributed by atoms with Crippen LogP contribution < -0.4 is 0 Å². The summed E-state index contributed by atoms with van der Waals surface area (Å²) >= 11 is 0. The van der Waals surface area contributed by atoms with E-state index in [9.17, 15) is 0 Å². The first-order chi connectivity index (χ1) is 7.27. The fourth-order valence-corrected chi connectivity index (χ4v) is 1.24. The molecular weight excluding hydrogens is 186 g/mol. The second-order valence-electron chi connectivity index (χ2n) is 2.63. The summed E-state index contributed by atoms with van der Waals surface area (Å²) in [5, 5.41) is 0. The number of imidazole rings is 1. The Morgan fingerprint density at radius 2 is 1.67 bits per heavy atom. The summed E-state index contributed by atoms with van der Waals surface area (Å²) in [6, 6.07) is 0. The van der Waals surface area contributed by atoms with Gasteiger partial charge in [-0.1, -0.05) is 27.7 Å². The second-order valence-corrected chi connectivity index (χ2v) is 2.63. The third-order valence-electron chi connectivity index (χ3n) is 1.66. The molecule has 0 saturated carbocycles. The van der Waals surface area contributed by atoms with Gasteiger partial charge in [0.2, 0.25) is 0 Å². The fourth-order valence-electron chi connectivity index (χ4n) is 1.24. The van der Waals surface area contributed by atoms with Gasteiger partial charge in [-0.25, -0.2) is 4.98 Å². The van der Waals surface area contributed by atoms with E-state index < -0.39 is 0 Å². The van der Waals surface area contributed by atoms with E-state index >= 15 is 0 Å². The van der Waals surface area contributed by atoms with Crippen molar-refractivity contribution in [3.63, 3.8) is 0 Å². The van der Waals surface area contributed by atoms with Crippen LogP contribution in [-0.2, 0) is 0 Å². The number of hydrogen-bond acceptors (Lipinski definition) is 2. The standard InChI is InChI=1S/C8H9N3.2C2H6/c1-6-5-11-4-3-9-8(11)7(2)10-6;2*1-2/h3-5H,1-2H3;2*1-2H3. The topological polar surface area (TPSA) is 30.2 Å². The molecule has 0 radical (unpaired) electrons. The maximum atomic E-state index is 4.29. The molecule has 2 rings (SSSR count). The maximum Gasteiger partial charge on any atom is 0.158 e. The lowest BCUT2D eigenvalue weighted by Crippen LogP contribution is -1.93. The highest BCUT2D eigenvalue weighted by Crippen LogP contribution is 2.05. The van der Waals surface area contributed by atoms with Gasteiger partial charge < -0.3 is 4.40 Å². The van der Waals surface area contributed by atoms with Crippen LogP contribution in [0.15, 0.2) is 18.6 Å². The minimum Gasteiger partial charge on any atom is -0.304 e. The lowest BCUT2D eigenvalue weighted by molar-refractivity contribution is 1.03. The van der Waals surface area contributed by atoms with Crippen LogP contribution >= 0.6 is 0 Å². The van der Waals surface area contributed by atoms with Crippen LogP contribution in [0.3, 0.4) is 0 Å². The Kier molecular flexibility index (Phi) is 6.34. The highest BCUT2D eigenvalue weighted by atomic mass is 15.0. The summed E-state index contributed by atoms with van der Waals surface area (Å²) in [6.07, 6.45) is 5.68. The monoisotopic (exact) mass is 207 g/mol. The Hall–Kier alpha value is -1.38. The Labute approximate surface area is 92.2 Å². The van der Waals surface area contributed by atoms with Crippen molar-refractivity contribution in [1.82, 2.24) is 14.4 Å². The molecule has 0 fully saturated rings. The second kappa shape index (κ2) is 6.98. The smallest absolute Gasteiger partial charge is 0.158 e. The van der Waals surface area contributed by atoms with E-state index in [1.54, 1.807) is 6.20 Å². The summed E-state index contributed by atoms with van der Waals surface area (Å²) in [4.78, 5) is 8.45. The molecule has 2 heterocycles. The van der Waals surface area contributed by atoms with Crippen molar-refractivity contribution >= 4 is 5.65 Å². The summed E-state index contributed by atoms with van der Waals surface area (Å²) in [6.45, 7) is 11.9. The quantitative estimate of drug-likeness (QED) is 0.662. The molecule has 2 aromatic rings. The molecule has 84 valence electrons. The first kappa shape index (κ1) is 13.6. The molecular formula is C12H21N3. The first-order valence-corrected chi connectivity index (χ1v) is 5.54. The van der Waals surface area contributed by atoms with E-state index in [4.69, 9.17) is 0 Å². The molecule has 0 aliphatic heterocycles. The maximum absolute atomic E-state index is 4.29. The molecule has 0 aliphatic rings. The SMILES string of the molecule is CC.CC.Cc1cn2ccnc2c(C)n1. The lowest BCUT2D eigenvalue weighted by Gasteiger charge is -1.98. The van der Waals surface area contributed by atoms with Crippen LogP contribution in [-0.4, -0.2) is 14.4 Å². The zero-order valence-electron chi connectivity index (χ0n) is 10.6. The average Bonchev–Trinajstić information content (AvgIpc) is 2.72. The molecule has 0 aliphatic carbocycles. The number of nitrogens with zero attached hydrogens (tertiary/aromatic N) is 3. The molecule has 0 N–H and O–H groups in total. The Morgan fingerprint density at radius 1 is 1.07 bits per heavy atom. The molecule has 3 heteroatoms. The highest BCUT2D eigenvalue weighted by molar-refractivity contribution is 5.42. The lowest BCUT2D eigenvalue weighted by atomic mass is 10.4. The van der Waals surface area contributed by atoms with Crippen LogP contribution in [0, 0.1) is 13.8 Å². The van der Waals surface area contributed by atoms with Crippen molar-refractivity contribution in [3.8, 4) is 0 Å². The van der Waals surface area contributed by atoms with Crippen LogP contribution in [0.4, 0.5) is 0 Å². The van der Waals surface area contributed by atoms with Gasteiger partial charge in [0, 0.05) is 18.6 Å². The summed E-state index contributed by atoms with van der Waals surface area (Å²) in [5.41, 5.74) is 2.94. The number of rotatable bonds is 0. The first-order valence-electron chi connectivity index (χ1n) is 5.54. The number of aromatic nitrogens is 3. The Bertz CT molecular complexity index is 391. The Balaban J connectivity index is 0.000000442. The molecule has 0 saturated heterocycles. The molecule has 3 nitrogen and oxygen atoms in total. The normalized spacial score (nSPS) is 8.67. The van der Waals surface area contributed by atoms with Gasteiger partial charge >= 0.3 is 0 Å². The summed E-state index contributed by atoms with van der Waals surface area (Å²) < 4.78 is 1.98. The van der Waals surface area contributed by atoms with E-state index in [2.05, 4.69) is 9.97 Å². The van der Waals surface area contributed by atoms with E-state index in [1.807, 2.05) is 58.3 Å². The zero-order valence-corrected chi connectivity index (χ0v) is 10.6. The molecule has 0 unspecified atom stereocenters. The van der Waals surface area contributed by atoms with Crippen LogP contribution in [0.5, 0.6) is 0 Å². The van der Waals surface area contributed by atoms with Gasteiger partial charge in [0.1, 0.15) is 0 Å². The van der Waals surface area contributed by atoms with E-state index in [1.165, 1.54) is 0 Å². The molecule has 15 heavy (non-hydrogen) atoms. The highest BCUT2D eigenvalue weighted by Gasteiger charge is 1.98. The largest absolute Gasteiger partial charge is 0.304 e. The predicted octanol–water partition coefficient (Wildman–Crippen LogP) is 3.40. The number of fused-ring (bicyclic) bond motifs is 1. The van der Waals surface area contributed by atoms with E-state index in [0.717, 1.165) is 17.0 Å². The van der Waals surface area contributed by atoms with Crippen molar-refractivity contribution in [3.05, 3.63) is 30.0 Å². The molecule has 0 atom stereocenters. The number of hydrogen-bond donors (Lipinski definition) is 0. The third-order valence-corrected chi connectivity index (χ3v) is 1.66. The summed E-state index contributed by atoms with van der Waals surface area (Å²) in [5.74, 6) is 0. The zero-order chi connectivity index (χ0) is 11.8. The minimum atomic E-state index is 0.940. The Morgan fingerprint density at radius 3 is 2.27 bits per heavy atom. The van der Waals surface area contributed by atoms with Gasteiger partial charge in [0.15, 0.2) is 5.65 Å². The van der Waals surface area contributed by atoms with Gasteiger partial charge in [0.25, 0.3) is 0 Å². The van der Waals surface area contributed by atoms with Crippen LogP contribution in [0.2, 0.25) is 0 Å². The van der Waals surface area contributed by atoms with Gasteiger partial charge in [-0.3, -0.25) is 4.98 Å². The van der Waals surface area contributed by atoms with Crippen LogP contribution in [0.25, 0.3) is 5.65 Å². The minimum absolute atomic E-state index is 0.940. The molecule has 0 spiro atoms. The van der Waals surface area contributed by atoms with Crippen molar-refractivity contribution in [2.24, 2.45) is 0 Å². The molecule has 0 bridgehead atoms. The van der Waals surface area contributed by atoms with Gasteiger partial charge in [-0.2, -0.15) is 0 Å². The molecule has 0 aromatic carbocycles. The molecule has 2 aromatic heterocycles.